The van der Waals surface area contributed by atoms with Crippen LogP contribution in [0.3, 0.4) is 0 Å². The van der Waals surface area contributed by atoms with E-state index in [1.807, 2.05) is 31.3 Å². The second-order valence-electron chi connectivity index (χ2n) is 8.70. The van der Waals surface area contributed by atoms with Crippen LogP contribution < -0.4 is 5.56 Å². The van der Waals surface area contributed by atoms with Gasteiger partial charge in [0, 0.05) is 49.3 Å². The number of aromatic nitrogens is 4. The third-order valence-electron chi connectivity index (χ3n) is 6.51. The van der Waals surface area contributed by atoms with Gasteiger partial charge in [0.2, 0.25) is 0 Å². The SMILES string of the molecule is Cc1[nH]c(-c2ccc(C(F)(F)F)cc2)nc1CN1CCC(n2cccc3c(=O)nccc2-3)CC1. The summed E-state index contributed by atoms with van der Waals surface area (Å²) in [6, 6.07) is 10.9. The van der Waals surface area contributed by atoms with Crippen LogP contribution in [-0.2, 0) is 12.7 Å². The fraction of sp³-hybridized carbons (Fsp3) is 0.320. The Labute approximate surface area is 194 Å². The number of nitrogens with one attached hydrogen (secondary N) is 1. The number of rotatable bonds is 4. The molecule has 0 spiro atoms. The van der Waals surface area contributed by atoms with Gasteiger partial charge in [0.1, 0.15) is 5.82 Å². The summed E-state index contributed by atoms with van der Waals surface area (Å²) in [5.41, 5.74) is 3.10. The second kappa shape index (κ2) is 8.72. The van der Waals surface area contributed by atoms with E-state index < -0.39 is 11.7 Å². The van der Waals surface area contributed by atoms with Crippen molar-refractivity contribution in [3.05, 3.63) is 82.2 Å². The Kier molecular flexibility index (Phi) is 5.73. The highest BCUT2D eigenvalue weighted by Crippen LogP contribution is 2.31. The van der Waals surface area contributed by atoms with Crippen molar-refractivity contribution in [2.45, 2.75) is 38.5 Å². The molecule has 3 aliphatic rings. The van der Waals surface area contributed by atoms with Gasteiger partial charge < -0.3 is 9.55 Å². The van der Waals surface area contributed by atoms with Crippen LogP contribution in [0.4, 0.5) is 13.2 Å². The lowest BCUT2D eigenvalue weighted by Gasteiger charge is -2.34. The third kappa shape index (κ3) is 4.35. The van der Waals surface area contributed by atoms with Crippen LogP contribution in [0.1, 0.15) is 35.8 Å². The lowest BCUT2D eigenvalue weighted by Crippen LogP contribution is -2.35. The minimum Gasteiger partial charge on any atom is -0.344 e. The molecular weight excluding hydrogens is 443 g/mol. The molecule has 176 valence electrons. The van der Waals surface area contributed by atoms with Crippen LogP contribution in [0.5, 0.6) is 0 Å². The van der Waals surface area contributed by atoms with Crippen LogP contribution in [0.25, 0.3) is 22.6 Å². The highest BCUT2D eigenvalue weighted by atomic mass is 19.4. The van der Waals surface area contributed by atoms with E-state index in [0.717, 1.165) is 55.1 Å². The van der Waals surface area contributed by atoms with E-state index in [9.17, 15) is 18.0 Å². The number of pyridine rings is 2. The zero-order valence-corrected chi connectivity index (χ0v) is 18.6. The molecule has 3 aliphatic heterocycles. The highest BCUT2D eigenvalue weighted by molar-refractivity contribution is 5.59. The molecule has 0 amide bonds. The number of hydrogen-bond acceptors (Lipinski definition) is 4. The van der Waals surface area contributed by atoms with E-state index in [-0.39, 0.29) is 5.56 Å². The first-order chi connectivity index (χ1) is 16.3. The molecule has 5 rings (SSSR count). The van der Waals surface area contributed by atoms with Gasteiger partial charge >= 0.3 is 6.18 Å². The van der Waals surface area contributed by atoms with E-state index in [1.54, 1.807) is 6.20 Å². The van der Waals surface area contributed by atoms with Gasteiger partial charge in [-0.15, -0.1) is 0 Å². The lowest BCUT2D eigenvalue weighted by molar-refractivity contribution is -0.137. The topological polar surface area (TPSA) is 66.8 Å². The van der Waals surface area contributed by atoms with Crippen molar-refractivity contribution in [3.8, 4) is 22.6 Å². The van der Waals surface area contributed by atoms with Gasteiger partial charge in [-0.3, -0.25) is 9.69 Å². The molecule has 6 nitrogen and oxygen atoms in total. The van der Waals surface area contributed by atoms with E-state index in [0.29, 0.717) is 29.5 Å². The Morgan fingerprint density at radius 3 is 2.53 bits per heavy atom. The summed E-state index contributed by atoms with van der Waals surface area (Å²) in [7, 11) is 0. The van der Waals surface area contributed by atoms with Crippen molar-refractivity contribution >= 4 is 0 Å². The molecule has 0 radical (unpaired) electrons. The minimum atomic E-state index is -4.35. The molecule has 1 aromatic heterocycles. The molecule has 1 saturated heterocycles. The van der Waals surface area contributed by atoms with Gasteiger partial charge in [0.05, 0.1) is 22.5 Å². The van der Waals surface area contributed by atoms with E-state index in [4.69, 9.17) is 0 Å². The number of aromatic amines is 1. The molecular formula is C25H24F3N5O. The molecule has 0 aliphatic carbocycles. The number of fused-ring (bicyclic) bond motifs is 1. The molecule has 0 unspecified atom stereocenters. The zero-order valence-electron chi connectivity index (χ0n) is 18.6. The van der Waals surface area contributed by atoms with Crippen LogP contribution in [0.15, 0.2) is 59.7 Å². The van der Waals surface area contributed by atoms with Crippen molar-refractivity contribution < 1.29 is 13.2 Å². The van der Waals surface area contributed by atoms with Gasteiger partial charge in [-0.1, -0.05) is 12.1 Å². The first-order valence-electron chi connectivity index (χ1n) is 11.2. The summed E-state index contributed by atoms with van der Waals surface area (Å²) in [5.74, 6) is 0.574. The standard InChI is InChI=1S/C25H24F3N5O/c1-16-21(31-23(30-16)17-4-6-18(7-5-17)25(26,27)28)15-32-13-9-19(10-14-32)33-12-2-3-20-22(33)8-11-29-24(20)34/h2-8,11-12,19H,9-10,13-15H2,1H3,(H,30,31). The normalized spacial score (nSPS) is 15.8. The molecule has 0 bridgehead atoms. The van der Waals surface area contributed by atoms with E-state index in [1.165, 1.54) is 12.1 Å². The Hall–Kier alpha value is -3.46. The summed E-state index contributed by atoms with van der Waals surface area (Å²) in [4.78, 5) is 26.2. The average molecular weight is 467 g/mol. The first kappa shape index (κ1) is 22.3. The van der Waals surface area contributed by atoms with Crippen LogP contribution in [0, 0.1) is 6.92 Å². The maximum atomic E-state index is 12.8. The van der Waals surface area contributed by atoms with Gasteiger partial charge in [0.25, 0.3) is 5.56 Å². The predicted molar refractivity (Wildman–Crippen MR) is 122 cm³/mol. The molecule has 2 aromatic rings. The predicted octanol–water partition coefficient (Wildman–Crippen LogP) is 4.90. The molecule has 1 aromatic carbocycles. The van der Waals surface area contributed by atoms with Crippen molar-refractivity contribution in [2.24, 2.45) is 0 Å². The van der Waals surface area contributed by atoms with Crippen LogP contribution >= 0.6 is 0 Å². The molecule has 9 heteroatoms. The summed E-state index contributed by atoms with van der Waals surface area (Å²) < 4.78 is 40.7. The molecule has 0 atom stereocenters. The maximum absolute atomic E-state index is 12.8. The smallest absolute Gasteiger partial charge is 0.344 e. The number of aryl methyl sites for hydroxylation is 1. The quantitative estimate of drug-likeness (QED) is 0.464. The molecule has 1 fully saturated rings. The zero-order chi connectivity index (χ0) is 23.9. The first-order valence-corrected chi connectivity index (χ1v) is 11.2. The third-order valence-corrected chi connectivity index (χ3v) is 6.51. The average Bonchev–Trinajstić information content (AvgIpc) is 3.19. The Morgan fingerprint density at radius 1 is 1.09 bits per heavy atom. The van der Waals surface area contributed by atoms with Crippen LogP contribution in [-0.4, -0.2) is 37.5 Å². The maximum Gasteiger partial charge on any atom is 0.416 e. The van der Waals surface area contributed by atoms with Crippen molar-refractivity contribution in [3.63, 3.8) is 0 Å². The lowest BCUT2D eigenvalue weighted by atomic mass is 10.0. The molecule has 4 heterocycles. The Balaban J connectivity index is 1.26. The number of hydrogen-bond donors (Lipinski definition) is 1. The summed E-state index contributed by atoms with van der Waals surface area (Å²) in [6.07, 6.45) is 1.11. The summed E-state index contributed by atoms with van der Waals surface area (Å²) in [5, 5.41) is 0. The number of imidazole rings is 1. The van der Waals surface area contributed by atoms with Gasteiger partial charge in [-0.05, 0) is 50.1 Å². The fourth-order valence-electron chi connectivity index (χ4n) is 4.63. The fourth-order valence-corrected chi connectivity index (χ4v) is 4.63. The Morgan fingerprint density at radius 2 is 1.82 bits per heavy atom. The number of likely N-dealkylation sites (tertiary alicyclic amines) is 1. The highest BCUT2D eigenvalue weighted by Gasteiger charge is 2.30. The number of nitrogens with zero attached hydrogens (tertiary/aromatic N) is 4. The number of piperidine rings is 1. The largest absolute Gasteiger partial charge is 0.416 e. The van der Waals surface area contributed by atoms with E-state index >= 15 is 0 Å². The van der Waals surface area contributed by atoms with Crippen molar-refractivity contribution in [1.29, 1.82) is 0 Å². The monoisotopic (exact) mass is 467 g/mol. The number of H-pyrrole nitrogens is 1. The van der Waals surface area contributed by atoms with Gasteiger partial charge in [-0.2, -0.15) is 13.2 Å². The van der Waals surface area contributed by atoms with Crippen LogP contribution in [0.2, 0.25) is 0 Å². The van der Waals surface area contributed by atoms with E-state index in [2.05, 4.69) is 24.4 Å². The van der Waals surface area contributed by atoms with Gasteiger partial charge in [-0.25, -0.2) is 9.97 Å². The van der Waals surface area contributed by atoms with Crippen molar-refractivity contribution in [1.82, 2.24) is 24.4 Å². The number of alkyl halides is 3. The summed E-state index contributed by atoms with van der Waals surface area (Å²) >= 11 is 0. The minimum absolute atomic E-state index is 0.206. The Bertz CT molecular complexity index is 1320. The number of halogens is 3. The van der Waals surface area contributed by atoms with Gasteiger partial charge in [0.15, 0.2) is 0 Å². The molecule has 0 saturated carbocycles. The van der Waals surface area contributed by atoms with Crippen molar-refractivity contribution in [2.75, 3.05) is 13.1 Å². The molecule has 34 heavy (non-hydrogen) atoms. The molecule has 1 N–H and O–H groups in total. The number of benzene rings is 1. The second-order valence-corrected chi connectivity index (χ2v) is 8.70. The summed E-state index contributed by atoms with van der Waals surface area (Å²) in [6.45, 7) is 4.37.